The van der Waals surface area contributed by atoms with E-state index in [1.165, 1.54) is 5.56 Å². The number of allylic oxidation sites excluding steroid dienone is 1. The van der Waals surface area contributed by atoms with E-state index < -0.39 is 5.41 Å². The van der Waals surface area contributed by atoms with Crippen LogP contribution in [-0.4, -0.2) is 12.6 Å². The third-order valence-electron chi connectivity index (χ3n) is 3.93. The van der Waals surface area contributed by atoms with Crippen molar-refractivity contribution in [3.8, 4) is 0 Å². The number of benzene rings is 1. The van der Waals surface area contributed by atoms with Gasteiger partial charge in [-0.2, -0.15) is 0 Å². The molecule has 0 fully saturated rings. The average Bonchev–Trinajstić information content (AvgIpc) is 2.51. The predicted octanol–water partition coefficient (Wildman–Crippen LogP) is 4.94. The summed E-state index contributed by atoms with van der Waals surface area (Å²) < 4.78 is 5.40. The second kappa shape index (κ2) is 9.38. The number of esters is 1. The number of rotatable bonds is 10. The minimum atomic E-state index is -0.415. The third-order valence-corrected chi connectivity index (χ3v) is 3.93. The molecule has 1 rings (SSSR count). The second-order valence-corrected chi connectivity index (χ2v) is 5.59. The summed E-state index contributed by atoms with van der Waals surface area (Å²) in [4.78, 5) is 12.6. The molecule has 2 nitrogen and oxygen atoms in total. The second-order valence-electron chi connectivity index (χ2n) is 5.59. The molecule has 1 unspecified atom stereocenters. The third kappa shape index (κ3) is 5.37. The fourth-order valence-electron chi connectivity index (χ4n) is 2.74. The highest BCUT2D eigenvalue weighted by Gasteiger charge is 2.38. The first-order valence-electron chi connectivity index (χ1n) is 8.00. The van der Waals surface area contributed by atoms with E-state index in [9.17, 15) is 4.79 Å². The normalized spacial score (nSPS) is 13.4. The van der Waals surface area contributed by atoms with E-state index in [-0.39, 0.29) is 5.97 Å². The van der Waals surface area contributed by atoms with Gasteiger partial charge in [-0.25, -0.2) is 0 Å². The Morgan fingerprint density at radius 3 is 2.52 bits per heavy atom. The Morgan fingerprint density at radius 1 is 1.24 bits per heavy atom. The highest BCUT2D eigenvalue weighted by atomic mass is 16.5. The van der Waals surface area contributed by atoms with E-state index in [4.69, 9.17) is 4.74 Å². The highest BCUT2D eigenvalue weighted by Crippen LogP contribution is 2.36. The van der Waals surface area contributed by atoms with Crippen LogP contribution in [0.5, 0.6) is 0 Å². The first-order valence-corrected chi connectivity index (χ1v) is 8.00. The van der Waals surface area contributed by atoms with Gasteiger partial charge in [-0.05, 0) is 38.2 Å². The topological polar surface area (TPSA) is 26.3 Å². The molecule has 1 aromatic carbocycles. The van der Waals surface area contributed by atoms with Crippen LogP contribution in [0.2, 0.25) is 0 Å². The summed E-state index contributed by atoms with van der Waals surface area (Å²) in [6.07, 6.45) is 7.31. The quantitative estimate of drug-likeness (QED) is 0.450. The Kier molecular flexibility index (Phi) is 7.81. The van der Waals surface area contributed by atoms with Gasteiger partial charge in [0.15, 0.2) is 0 Å². The summed E-state index contributed by atoms with van der Waals surface area (Å²) in [5.74, 6) is -0.0517. The number of unbranched alkanes of at least 4 members (excludes halogenated alkanes) is 1. The Bertz CT molecular complexity index is 424. The Labute approximate surface area is 129 Å². The van der Waals surface area contributed by atoms with Crippen LogP contribution in [0.1, 0.15) is 51.5 Å². The van der Waals surface area contributed by atoms with E-state index in [2.05, 4.69) is 25.6 Å². The summed E-state index contributed by atoms with van der Waals surface area (Å²) in [7, 11) is 0. The van der Waals surface area contributed by atoms with Gasteiger partial charge in [-0.3, -0.25) is 4.79 Å². The van der Waals surface area contributed by atoms with Crippen LogP contribution in [0.15, 0.2) is 43.0 Å². The summed E-state index contributed by atoms with van der Waals surface area (Å²) in [5, 5.41) is 0. The van der Waals surface area contributed by atoms with Crippen LogP contribution in [0.25, 0.3) is 0 Å². The lowest BCUT2D eigenvalue weighted by Gasteiger charge is -2.31. The molecule has 1 atom stereocenters. The first-order chi connectivity index (χ1) is 10.2. The summed E-state index contributed by atoms with van der Waals surface area (Å²) in [5.41, 5.74) is 0.785. The van der Waals surface area contributed by atoms with Crippen molar-refractivity contribution < 1.29 is 9.53 Å². The fourth-order valence-corrected chi connectivity index (χ4v) is 2.74. The predicted molar refractivity (Wildman–Crippen MR) is 88.2 cm³/mol. The number of carbonyl (C=O) groups excluding carboxylic acids is 1. The molecular formula is C19H28O2. The van der Waals surface area contributed by atoms with Gasteiger partial charge in [0.25, 0.3) is 0 Å². The van der Waals surface area contributed by atoms with Crippen LogP contribution in [-0.2, 0) is 16.0 Å². The maximum absolute atomic E-state index is 12.6. The molecule has 116 valence electrons. The maximum atomic E-state index is 12.6. The Hall–Kier alpha value is -1.57. The van der Waals surface area contributed by atoms with Crippen molar-refractivity contribution in [3.05, 3.63) is 48.6 Å². The highest BCUT2D eigenvalue weighted by molar-refractivity contribution is 5.77. The number of carbonyl (C=O) groups is 1. The standard InChI is InChI=1S/C19H28O2/c1-4-7-14-19(15-8-5-2,18(20)21-6-3)16-17-12-10-9-11-13-17/h4,9-13H,1,5-8,14-16H2,2-3H3. The smallest absolute Gasteiger partial charge is 0.312 e. The van der Waals surface area contributed by atoms with E-state index in [0.717, 1.165) is 38.5 Å². The first kappa shape index (κ1) is 17.5. The van der Waals surface area contributed by atoms with Gasteiger partial charge >= 0.3 is 5.97 Å². The molecule has 0 bridgehead atoms. The molecular weight excluding hydrogens is 260 g/mol. The molecule has 0 saturated carbocycles. The molecule has 0 saturated heterocycles. The lowest BCUT2D eigenvalue weighted by molar-refractivity contribution is -0.156. The molecule has 0 amide bonds. The molecule has 0 aliphatic heterocycles. The Balaban J connectivity index is 3.01. The zero-order valence-electron chi connectivity index (χ0n) is 13.4. The van der Waals surface area contributed by atoms with E-state index in [1.807, 2.05) is 31.2 Å². The van der Waals surface area contributed by atoms with E-state index in [0.29, 0.717) is 6.61 Å². The van der Waals surface area contributed by atoms with Gasteiger partial charge in [0.2, 0.25) is 0 Å². The van der Waals surface area contributed by atoms with Crippen molar-refractivity contribution in [3.63, 3.8) is 0 Å². The molecule has 0 heterocycles. The Morgan fingerprint density at radius 2 is 1.95 bits per heavy atom. The zero-order valence-corrected chi connectivity index (χ0v) is 13.4. The van der Waals surface area contributed by atoms with Crippen LogP contribution in [0, 0.1) is 5.41 Å². The molecule has 0 aliphatic carbocycles. The molecule has 0 N–H and O–H groups in total. The minimum absolute atomic E-state index is 0.0517. The average molecular weight is 288 g/mol. The van der Waals surface area contributed by atoms with Crippen molar-refractivity contribution in [1.29, 1.82) is 0 Å². The molecule has 0 aliphatic rings. The number of hydrogen-bond donors (Lipinski definition) is 0. The van der Waals surface area contributed by atoms with Crippen molar-refractivity contribution >= 4 is 5.97 Å². The lowest BCUT2D eigenvalue weighted by atomic mass is 9.74. The van der Waals surface area contributed by atoms with E-state index >= 15 is 0 Å². The van der Waals surface area contributed by atoms with Crippen LogP contribution in [0.3, 0.4) is 0 Å². The van der Waals surface area contributed by atoms with Crippen LogP contribution in [0.4, 0.5) is 0 Å². The fraction of sp³-hybridized carbons (Fsp3) is 0.526. The van der Waals surface area contributed by atoms with Gasteiger partial charge in [-0.1, -0.05) is 56.2 Å². The molecule has 2 heteroatoms. The molecule has 21 heavy (non-hydrogen) atoms. The molecule has 0 radical (unpaired) electrons. The summed E-state index contributed by atoms with van der Waals surface area (Å²) in [6.45, 7) is 8.28. The minimum Gasteiger partial charge on any atom is -0.466 e. The zero-order chi connectivity index (χ0) is 15.6. The van der Waals surface area contributed by atoms with Crippen LogP contribution >= 0.6 is 0 Å². The van der Waals surface area contributed by atoms with Gasteiger partial charge in [0.05, 0.1) is 12.0 Å². The summed E-state index contributed by atoms with van der Waals surface area (Å²) >= 11 is 0. The van der Waals surface area contributed by atoms with Crippen LogP contribution < -0.4 is 0 Å². The van der Waals surface area contributed by atoms with Crippen molar-refractivity contribution in [2.75, 3.05) is 6.61 Å². The van der Waals surface area contributed by atoms with Crippen molar-refractivity contribution in [2.45, 2.75) is 52.4 Å². The summed E-state index contributed by atoms with van der Waals surface area (Å²) in [6, 6.07) is 10.2. The molecule has 1 aromatic rings. The lowest BCUT2D eigenvalue weighted by Crippen LogP contribution is -2.35. The van der Waals surface area contributed by atoms with Gasteiger partial charge in [-0.15, -0.1) is 6.58 Å². The largest absolute Gasteiger partial charge is 0.466 e. The molecule has 0 spiro atoms. The van der Waals surface area contributed by atoms with Crippen molar-refractivity contribution in [1.82, 2.24) is 0 Å². The monoisotopic (exact) mass is 288 g/mol. The SMILES string of the molecule is C=CCCC(CCCC)(Cc1ccccc1)C(=O)OCC. The number of hydrogen-bond acceptors (Lipinski definition) is 2. The van der Waals surface area contributed by atoms with Gasteiger partial charge < -0.3 is 4.74 Å². The number of ether oxygens (including phenoxy) is 1. The molecule has 0 aromatic heterocycles. The van der Waals surface area contributed by atoms with Gasteiger partial charge in [0, 0.05) is 0 Å². The van der Waals surface area contributed by atoms with Gasteiger partial charge in [0.1, 0.15) is 0 Å². The van der Waals surface area contributed by atoms with Crippen molar-refractivity contribution in [2.24, 2.45) is 5.41 Å². The van der Waals surface area contributed by atoms with E-state index in [1.54, 1.807) is 0 Å². The maximum Gasteiger partial charge on any atom is 0.312 e.